The number of urea groups is 1. The molecule has 0 bridgehead atoms. The summed E-state index contributed by atoms with van der Waals surface area (Å²) in [5.74, 6) is 0.118. The maximum atomic E-state index is 12.8. The third kappa shape index (κ3) is 3.62. The highest BCUT2D eigenvalue weighted by atomic mass is 35.5. The number of hydrogen-bond acceptors (Lipinski definition) is 4. The minimum Gasteiger partial charge on any atom is -0.371 e. The van der Waals surface area contributed by atoms with Crippen molar-refractivity contribution >= 4 is 30.3 Å². The van der Waals surface area contributed by atoms with Crippen molar-refractivity contribution in [3.63, 3.8) is 0 Å². The van der Waals surface area contributed by atoms with Crippen LogP contribution in [0.5, 0.6) is 0 Å². The smallest absolute Gasteiger partial charge is 0.319 e. The number of rotatable bonds is 5. The summed E-state index contributed by atoms with van der Waals surface area (Å²) in [5, 5.41) is 13.6. The Balaban J connectivity index is 1.67. The molecule has 29 heavy (non-hydrogen) atoms. The first kappa shape index (κ1) is 21.6. The van der Waals surface area contributed by atoms with Gasteiger partial charge < -0.3 is 20.2 Å². The molecule has 7 nitrogen and oxygen atoms in total. The molecule has 0 saturated carbocycles. The summed E-state index contributed by atoms with van der Waals surface area (Å²) in [5.41, 5.74) is -0.266. The van der Waals surface area contributed by atoms with Crippen LogP contribution in [0.25, 0.3) is 0 Å². The predicted molar refractivity (Wildman–Crippen MR) is 113 cm³/mol. The van der Waals surface area contributed by atoms with Crippen molar-refractivity contribution in [2.45, 2.75) is 50.9 Å². The van der Waals surface area contributed by atoms with Crippen LogP contribution in [-0.4, -0.2) is 65.5 Å². The fourth-order valence-corrected chi connectivity index (χ4v) is 4.56. The first-order valence-electron chi connectivity index (χ1n) is 9.92. The van der Waals surface area contributed by atoms with E-state index in [1.54, 1.807) is 16.7 Å². The molecule has 8 heteroatoms. The summed E-state index contributed by atoms with van der Waals surface area (Å²) in [6.07, 6.45) is 0.590. The van der Waals surface area contributed by atoms with Crippen LogP contribution >= 0.6 is 11.6 Å². The number of carbonyl (C=O) groups is 2. The summed E-state index contributed by atoms with van der Waals surface area (Å²) in [6, 6.07) is 7.23. The van der Waals surface area contributed by atoms with Gasteiger partial charge in [0.25, 0.3) is 0 Å². The Labute approximate surface area is 176 Å². The molecule has 2 fully saturated rings. The molecule has 3 rings (SSSR count). The average Bonchev–Trinajstić information content (AvgIpc) is 2.74. The second-order valence-electron chi connectivity index (χ2n) is 8.23. The lowest BCUT2D eigenvalue weighted by Crippen LogP contribution is -2.66. The van der Waals surface area contributed by atoms with Crippen LogP contribution in [0.1, 0.15) is 44.7 Å². The number of amides is 3. The van der Waals surface area contributed by atoms with E-state index in [0.717, 1.165) is 5.56 Å². The Bertz CT molecular complexity index is 792. The number of aliphatic hydroxyl groups is 1. The van der Waals surface area contributed by atoms with E-state index in [1.807, 2.05) is 38.2 Å². The number of aliphatic hydroxyl groups excluding tert-OH is 1. The monoisotopic (exact) mass is 420 g/mol. The molecule has 0 radical (unpaired) electrons. The Morgan fingerprint density at radius 3 is 2.52 bits per heavy atom. The number of piperidine rings is 1. The van der Waals surface area contributed by atoms with Crippen molar-refractivity contribution in [2.24, 2.45) is 10.4 Å². The topological polar surface area (TPSA) is 85.2 Å². The molecule has 2 aliphatic heterocycles. The number of benzene rings is 1. The quantitative estimate of drug-likeness (QED) is 0.436. The highest BCUT2D eigenvalue weighted by molar-refractivity contribution is 6.30. The van der Waals surface area contributed by atoms with E-state index in [0.29, 0.717) is 37.4 Å². The molecule has 2 saturated heterocycles. The Hall–Kier alpha value is -2.12. The van der Waals surface area contributed by atoms with Gasteiger partial charge in [-0.3, -0.25) is 9.79 Å². The van der Waals surface area contributed by atoms with Gasteiger partial charge in [-0.1, -0.05) is 30.7 Å². The maximum absolute atomic E-state index is 12.8. The standard InChI is InChI=1S/C21H29ClN4O3/c1-5-20(2,23-3)17(27)24-19(29)26-12-10-21(11-13-26)16(25(4)18(21)28)14-6-8-15(22)9-7-14/h6-9,16-17,27H,3,5,10-13H2,1-2,4H3,(H,24,29)/t16?,17-,20+/m1/s1. The van der Waals surface area contributed by atoms with Crippen LogP contribution in [-0.2, 0) is 4.79 Å². The normalized spacial score (nSPS) is 23.9. The minimum atomic E-state index is -1.12. The number of hydrogen-bond donors (Lipinski definition) is 2. The van der Waals surface area contributed by atoms with E-state index < -0.39 is 17.2 Å². The zero-order chi connectivity index (χ0) is 21.4. The second kappa shape index (κ2) is 7.95. The molecular weight excluding hydrogens is 392 g/mol. The molecule has 2 aliphatic rings. The second-order valence-corrected chi connectivity index (χ2v) is 8.67. The molecule has 2 N–H and O–H groups in total. The molecule has 1 spiro atoms. The number of carbonyl (C=O) groups excluding carboxylic acids is 2. The van der Waals surface area contributed by atoms with Gasteiger partial charge in [0.2, 0.25) is 5.91 Å². The average molecular weight is 421 g/mol. The van der Waals surface area contributed by atoms with Crippen molar-refractivity contribution in [1.82, 2.24) is 15.1 Å². The third-order valence-corrected chi connectivity index (χ3v) is 6.96. The summed E-state index contributed by atoms with van der Waals surface area (Å²) in [4.78, 5) is 32.8. The minimum absolute atomic E-state index is 0.0172. The van der Waals surface area contributed by atoms with Gasteiger partial charge in [0.1, 0.15) is 5.54 Å². The number of halogens is 1. The predicted octanol–water partition coefficient (Wildman–Crippen LogP) is 2.83. The van der Waals surface area contributed by atoms with Gasteiger partial charge in [0.05, 0.1) is 11.5 Å². The first-order valence-corrected chi connectivity index (χ1v) is 10.3. The van der Waals surface area contributed by atoms with Crippen LogP contribution in [0.4, 0.5) is 4.79 Å². The lowest BCUT2D eigenvalue weighted by atomic mass is 9.62. The van der Waals surface area contributed by atoms with Gasteiger partial charge >= 0.3 is 6.03 Å². The van der Waals surface area contributed by atoms with Gasteiger partial charge in [0, 0.05) is 25.2 Å². The highest BCUT2D eigenvalue weighted by Crippen LogP contribution is 2.55. The van der Waals surface area contributed by atoms with E-state index in [4.69, 9.17) is 11.6 Å². The zero-order valence-electron chi connectivity index (χ0n) is 17.2. The van der Waals surface area contributed by atoms with Gasteiger partial charge in [-0.05, 0) is 50.6 Å². The summed E-state index contributed by atoms with van der Waals surface area (Å²) in [7, 11) is 1.82. The van der Waals surface area contributed by atoms with E-state index in [-0.39, 0.29) is 18.0 Å². The molecule has 0 aliphatic carbocycles. The van der Waals surface area contributed by atoms with Gasteiger partial charge in [-0.15, -0.1) is 0 Å². The molecule has 1 aromatic carbocycles. The Morgan fingerprint density at radius 2 is 2.00 bits per heavy atom. The lowest BCUT2D eigenvalue weighted by Gasteiger charge is -2.57. The van der Waals surface area contributed by atoms with Gasteiger partial charge in [-0.2, -0.15) is 0 Å². The SMILES string of the molecule is C=N[C@@](C)(CC)[C@@H](O)NC(=O)N1CCC2(CC1)C(=O)N(C)C2c1ccc(Cl)cc1. The summed E-state index contributed by atoms with van der Waals surface area (Å²) >= 11 is 6.01. The van der Waals surface area contributed by atoms with Crippen LogP contribution < -0.4 is 5.32 Å². The number of nitrogens with one attached hydrogen (secondary N) is 1. The first-order chi connectivity index (χ1) is 13.7. The molecule has 2 heterocycles. The van der Waals surface area contributed by atoms with Crippen molar-refractivity contribution < 1.29 is 14.7 Å². The number of β-lactam (4-membered cyclic amide) rings is 1. The molecule has 1 unspecified atom stereocenters. The largest absolute Gasteiger partial charge is 0.371 e. The Kier molecular flexibility index (Phi) is 5.92. The van der Waals surface area contributed by atoms with Crippen LogP contribution in [0.2, 0.25) is 5.02 Å². The van der Waals surface area contributed by atoms with E-state index in [1.165, 1.54) is 0 Å². The number of likely N-dealkylation sites (tertiary alicyclic amines) is 2. The van der Waals surface area contributed by atoms with Crippen LogP contribution in [0.15, 0.2) is 29.3 Å². The fraction of sp³-hybridized carbons (Fsp3) is 0.571. The zero-order valence-corrected chi connectivity index (χ0v) is 17.9. The van der Waals surface area contributed by atoms with Crippen molar-refractivity contribution in [2.75, 3.05) is 20.1 Å². The highest BCUT2D eigenvalue weighted by Gasteiger charge is 2.60. The molecule has 0 aromatic heterocycles. The van der Waals surface area contributed by atoms with Crippen LogP contribution in [0, 0.1) is 5.41 Å². The number of nitrogens with zero attached hydrogens (tertiary/aromatic N) is 3. The van der Waals surface area contributed by atoms with Crippen molar-refractivity contribution in [3.05, 3.63) is 34.9 Å². The fourth-order valence-electron chi connectivity index (χ4n) is 4.43. The molecule has 158 valence electrons. The molecular formula is C21H29ClN4O3. The Morgan fingerprint density at radius 1 is 1.41 bits per heavy atom. The summed E-state index contributed by atoms with van der Waals surface area (Å²) in [6.45, 7) is 8.04. The van der Waals surface area contributed by atoms with Crippen molar-refractivity contribution in [1.29, 1.82) is 0 Å². The summed E-state index contributed by atoms with van der Waals surface area (Å²) < 4.78 is 0. The third-order valence-electron chi connectivity index (χ3n) is 6.71. The lowest BCUT2D eigenvalue weighted by molar-refractivity contribution is -0.176. The molecule has 3 amide bonds. The maximum Gasteiger partial charge on any atom is 0.319 e. The van der Waals surface area contributed by atoms with Crippen LogP contribution in [0.3, 0.4) is 0 Å². The molecule has 3 atom stereocenters. The van der Waals surface area contributed by atoms with E-state index in [2.05, 4.69) is 17.0 Å². The van der Waals surface area contributed by atoms with Gasteiger partial charge in [-0.25, -0.2) is 4.79 Å². The van der Waals surface area contributed by atoms with E-state index >= 15 is 0 Å². The van der Waals surface area contributed by atoms with Gasteiger partial charge in [0.15, 0.2) is 6.23 Å². The van der Waals surface area contributed by atoms with E-state index in [9.17, 15) is 14.7 Å². The van der Waals surface area contributed by atoms with Crippen molar-refractivity contribution in [3.8, 4) is 0 Å². The molecule has 1 aromatic rings. The number of aliphatic imine (C=N–C) groups is 1.